The van der Waals surface area contributed by atoms with Crippen LogP contribution in [0.15, 0.2) is 24.3 Å². The third kappa shape index (κ3) is 3.65. The summed E-state index contributed by atoms with van der Waals surface area (Å²) in [5.41, 5.74) is 0.735. The number of rotatable bonds is 2. The predicted octanol–water partition coefficient (Wildman–Crippen LogP) is 2.42. The molecule has 0 aliphatic heterocycles. The first-order valence-corrected chi connectivity index (χ1v) is 6.57. The maximum atomic E-state index is 12.7. The molecule has 98 valence electrons. The molecule has 0 aromatic heterocycles. The zero-order chi connectivity index (χ0) is 13.0. The van der Waals surface area contributed by atoms with Crippen molar-refractivity contribution in [3.05, 3.63) is 30.1 Å². The first-order chi connectivity index (χ1) is 8.65. The molecule has 0 spiro atoms. The van der Waals surface area contributed by atoms with Crippen LogP contribution in [0, 0.1) is 5.82 Å². The molecule has 1 fully saturated rings. The van der Waals surface area contributed by atoms with Crippen LogP contribution in [0.5, 0.6) is 0 Å². The van der Waals surface area contributed by atoms with Gasteiger partial charge < -0.3 is 15.7 Å². The Morgan fingerprint density at radius 3 is 2.56 bits per heavy atom. The van der Waals surface area contributed by atoms with E-state index in [-0.39, 0.29) is 18.0 Å². The van der Waals surface area contributed by atoms with Crippen LogP contribution >= 0.6 is 12.2 Å². The number of benzene rings is 1. The summed E-state index contributed by atoms with van der Waals surface area (Å²) < 4.78 is 12.7. The second-order valence-electron chi connectivity index (χ2n) is 4.56. The largest absolute Gasteiger partial charge is 0.391 e. The summed E-state index contributed by atoms with van der Waals surface area (Å²) >= 11 is 5.18. The monoisotopic (exact) mass is 268 g/mol. The molecule has 1 aromatic rings. The Bertz CT molecular complexity index is 410. The molecule has 1 saturated carbocycles. The summed E-state index contributed by atoms with van der Waals surface area (Å²) in [6, 6.07) is 6.02. The second-order valence-corrected chi connectivity index (χ2v) is 4.97. The van der Waals surface area contributed by atoms with Crippen molar-refractivity contribution < 1.29 is 9.50 Å². The van der Waals surface area contributed by atoms with Gasteiger partial charge in [-0.3, -0.25) is 0 Å². The number of thiocarbonyl (C=S) groups is 1. The van der Waals surface area contributed by atoms with Crippen LogP contribution < -0.4 is 10.6 Å². The Balaban J connectivity index is 1.86. The van der Waals surface area contributed by atoms with E-state index in [0.29, 0.717) is 5.11 Å². The summed E-state index contributed by atoms with van der Waals surface area (Å²) in [6.07, 6.45) is 3.57. The molecule has 1 aliphatic rings. The Morgan fingerprint density at radius 2 is 1.89 bits per heavy atom. The summed E-state index contributed by atoms with van der Waals surface area (Å²) in [7, 11) is 0. The lowest BCUT2D eigenvalue weighted by atomic mass is 9.93. The van der Waals surface area contributed by atoms with Crippen molar-refractivity contribution in [2.45, 2.75) is 37.8 Å². The van der Waals surface area contributed by atoms with Gasteiger partial charge in [-0.25, -0.2) is 4.39 Å². The van der Waals surface area contributed by atoms with E-state index in [1.807, 2.05) is 0 Å². The lowest BCUT2D eigenvalue weighted by Gasteiger charge is -2.29. The van der Waals surface area contributed by atoms with Gasteiger partial charge in [-0.2, -0.15) is 0 Å². The maximum Gasteiger partial charge on any atom is 0.171 e. The maximum absolute atomic E-state index is 12.7. The highest BCUT2D eigenvalue weighted by Gasteiger charge is 2.23. The van der Waals surface area contributed by atoms with Crippen molar-refractivity contribution in [1.82, 2.24) is 5.32 Å². The van der Waals surface area contributed by atoms with Crippen LogP contribution in [0.3, 0.4) is 0 Å². The third-order valence-electron chi connectivity index (χ3n) is 3.15. The van der Waals surface area contributed by atoms with E-state index in [9.17, 15) is 9.50 Å². The zero-order valence-electron chi connectivity index (χ0n) is 10.0. The fourth-order valence-corrected chi connectivity index (χ4v) is 2.42. The predicted molar refractivity (Wildman–Crippen MR) is 74.0 cm³/mol. The van der Waals surface area contributed by atoms with Gasteiger partial charge in [0.1, 0.15) is 5.82 Å². The highest BCUT2D eigenvalue weighted by molar-refractivity contribution is 7.80. The van der Waals surface area contributed by atoms with Crippen molar-refractivity contribution in [2.75, 3.05) is 5.32 Å². The summed E-state index contributed by atoms with van der Waals surface area (Å²) in [4.78, 5) is 0. The number of hydrogen-bond acceptors (Lipinski definition) is 2. The molecule has 2 atom stereocenters. The van der Waals surface area contributed by atoms with E-state index in [1.165, 1.54) is 12.1 Å². The Labute approximate surface area is 111 Å². The lowest BCUT2D eigenvalue weighted by molar-refractivity contribution is 0.100. The van der Waals surface area contributed by atoms with Gasteiger partial charge in [-0.05, 0) is 49.3 Å². The fourth-order valence-electron chi connectivity index (χ4n) is 2.15. The topological polar surface area (TPSA) is 44.3 Å². The van der Waals surface area contributed by atoms with Gasteiger partial charge in [0.25, 0.3) is 0 Å². The third-order valence-corrected chi connectivity index (χ3v) is 3.37. The van der Waals surface area contributed by atoms with E-state index < -0.39 is 0 Å². The van der Waals surface area contributed by atoms with Gasteiger partial charge in [0.15, 0.2) is 5.11 Å². The Hall–Kier alpha value is -1.20. The van der Waals surface area contributed by atoms with Crippen LogP contribution in [0.25, 0.3) is 0 Å². The van der Waals surface area contributed by atoms with E-state index >= 15 is 0 Å². The lowest BCUT2D eigenvalue weighted by Crippen LogP contribution is -2.46. The molecule has 0 unspecified atom stereocenters. The molecule has 0 radical (unpaired) electrons. The van der Waals surface area contributed by atoms with Gasteiger partial charge in [0, 0.05) is 5.69 Å². The van der Waals surface area contributed by atoms with Crippen LogP contribution in [0.2, 0.25) is 0 Å². The molecule has 18 heavy (non-hydrogen) atoms. The Morgan fingerprint density at radius 1 is 1.22 bits per heavy atom. The van der Waals surface area contributed by atoms with Gasteiger partial charge in [-0.15, -0.1) is 0 Å². The van der Waals surface area contributed by atoms with Crippen LogP contribution in [0.1, 0.15) is 25.7 Å². The van der Waals surface area contributed by atoms with Crippen molar-refractivity contribution >= 4 is 23.0 Å². The van der Waals surface area contributed by atoms with Gasteiger partial charge in [0.05, 0.1) is 12.1 Å². The standard InChI is InChI=1S/C13H17FN2OS/c14-9-5-7-10(8-6-9)15-13(18)16-11-3-1-2-4-12(11)17/h5-8,11-12,17H,1-4H2,(H2,15,16,18)/t11-,12+/m1/s1. The van der Waals surface area contributed by atoms with Crippen molar-refractivity contribution in [3.63, 3.8) is 0 Å². The van der Waals surface area contributed by atoms with Crippen molar-refractivity contribution in [2.24, 2.45) is 0 Å². The molecule has 1 aliphatic carbocycles. The summed E-state index contributed by atoms with van der Waals surface area (Å²) in [5.74, 6) is -0.276. The first-order valence-electron chi connectivity index (χ1n) is 6.16. The van der Waals surface area contributed by atoms with E-state index in [0.717, 1.165) is 31.4 Å². The smallest absolute Gasteiger partial charge is 0.171 e. The number of aliphatic hydroxyl groups is 1. The number of aliphatic hydroxyl groups excluding tert-OH is 1. The molecule has 0 heterocycles. The average molecular weight is 268 g/mol. The minimum Gasteiger partial charge on any atom is -0.391 e. The van der Waals surface area contributed by atoms with Crippen LogP contribution in [0.4, 0.5) is 10.1 Å². The molecule has 0 bridgehead atoms. The Kier molecular flexibility index (Phi) is 4.49. The van der Waals surface area contributed by atoms with Crippen LogP contribution in [-0.4, -0.2) is 22.4 Å². The van der Waals surface area contributed by atoms with Gasteiger partial charge in [0.2, 0.25) is 0 Å². The minimum absolute atomic E-state index is 0.0131. The second kappa shape index (κ2) is 6.11. The van der Waals surface area contributed by atoms with Gasteiger partial charge >= 0.3 is 0 Å². The van der Waals surface area contributed by atoms with Crippen molar-refractivity contribution in [1.29, 1.82) is 0 Å². The normalized spacial score (nSPS) is 23.4. The molecule has 3 nitrogen and oxygen atoms in total. The molecular formula is C13H17FN2OS. The summed E-state index contributed by atoms with van der Waals surface area (Å²) in [5, 5.41) is 16.4. The molecule has 0 saturated heterocycles. The zero-order valence-corrected chi connectivity index (χ0v) is 10.8. The number of nitrogens with one attached hydrogen (secondary N) is 2. The molecule has 2 rings (SSSR count). The van der Waals surface area contributed by atoms with E-state index in [4.69, 9.17) is 12.2 Å². The molecular weight excluding hydrogens is 251 g/mol. The number of hydrogen-bond donors (Lipinski definition) is 3. The fraction of sp³-hybridized carbons (Fsp3) is 0.462. The highest BCUT2D eigenvalue weighted by Crippen LogP contribution is 2.18. The highest BCUT2D eigenvalue weighted by atomic mass is 32.1. The molecule has 3 N–H and O–H groups in total. The SMILES string of the molecule is O[C@H]1CCCC[C@H]1NC(=S)Nc1ccc(F)cc1. The van der Waals surface area contributed by atoms with E-state index in [1.54, 1.807) is 12.1 Å². The van der Waals surface area contributed by atoms with E-state index in [2.05, 4.69) is 10.6 Å². The molecule has 5 heteroatoms. The number of halogens is 1. The number of anilines is 1. The molecule has 1 aromatic carbocycles. The van der Waals surface area contributed by atoms with Crippen LogP contribution in [-0.2, 0) is 0 Å². The minimum atomic E-state index is -0.341. The van der Waals surface area contributed by atoms with Crippen molar-refractivity contribution in [3.8, 4) is 0 Å². The molecule has 0 amide bonds. The first kappa shape index (κ1) is 13.2. The van der Waals surface area contributed by atoms with Gasteiger partial charge in [-0.1, -0.05) is 12.8 Å². The quantitative estimate of drug-likeness (QED) is 0.721. The average Bonchev–Trinajstić information content (AvgIpc) is 2.35. The summed E-state index contributed by atoms with van der Waals surface area (Å²) in [6.45, 7) is 0.